The van der Waals surface area contributed by atoms with E-state index in [0.29, 0.717) is 5.69 Å². The predicted molar refractivity (Wildman–Crippen MR) is 119 cm³/mol. The summed E-state index contributed by atoms with van der Waals surface area (Å²) >= 11 is -2.37. The number of aryl methyl sites for hydroxylation is 2. The van der Waals surface area contributed by atoms with Gasteiger partial charge in [-0.1, -0.05) is 60.7 Å². The van der Waals surface area contributed by atoms with Crippen molar-refractivity contribution in [1.82, 2.24) is 0 Å². The summed E-state index contributed by atoms with van der Waals surface area (Å²) in [5, 5.41) is 7.53. The van der Waals surface area contributed by atoms with Crippen LogP contribution in [0.25, 0.3) is 11.1 Å². The van der Waals surface area contributed by atoms with Gasteiger partial charge < -0.3 is 15.0 Å². The fraction of sp³-hybridized carbons (Fsp3) is 0.174. The summed E-state index contributed by atoms with van der Waals surface area (Å²) in [7, 11) is 0. The van der Waals surface area contributed by atoms with E-state index in [1.807, 2.05) is 66.7 Å². The number of rotatable bonds is 9. The molecule has 0 radical (unpaired) electrons. The van der Waals surface area contributed by atoms with Crippen molar-refractivity contribution in [2.24, 2.45) is 5.73 Å². The number of amidine groups is 1. The lowest BCUT2D eigenvalue weighted by Gasteiger charge is -2.15. The van der Waals surface area contributed by atoms with Crippen LogP contribution in [0.15, 0.2) is 72.8 Å². The van der Waals surface area contributed by atoms with E-state index in [0.717, 1.165) is 47.9 Å². The Bertz CT molecular complexity index is 1010. The molecule has 5 nitrogen and oxygen atoms in total. The SMILES string of the molecule is N=C(N)c1cccc(CCCCc2ccc(-c3ccccc3)c(NS(=O)[O-])c2)c1. The Kier molecular flexibility index (Phi) is 7.16. The first kappa shape index (κ1) is 20.8. The maximum atomic E-state index is 11.2. The summed E-state index contributed by atoms with van der Waals surface area (Å²) in [5.41, 5.74) is 11.0. The predicted octanol–water partition coefficient (Wildman–Crippen LogP) is 4.41. The third-order valence-electron chi connectivity index (χ3n) is 4.78. The van der Waals surface area contributed by atoms with Crippen LogP contribution >= 0.6 is 0 Å². The zero-order chi connectivity index (χ0) is 20.6. The summed E-state index contributed by atoms with van der Waals surface area (Å²) in [6.45, 7) is 0. The Labute approximate surface area is 173 Å². The highest BCUT2D eigenvalue weighted by Crippen LogP contribution is 2.29. The average molecular weight is 407 g/mol. The van der Waals surface area contributed by atoms with Gasteiger partial charge in [0.1, 0.15) is 5.84 Å². The number of benzene rings is 3. The Morgan fingerprint density at radius 2 is 1.62 bits per heavy atom. The fourth-order valence-corrected chi connectivity index (χ4v) is 3.69. The Morgan fingerprint density at radius 3 is 2.28 bits per heavy atom. The lowest BCUT2D eigenvalue weighted by Crippen LogP contribution is -2.11. The van der Waals surface area contributed by atoms with Gasteiger partial charge in [-0.05, 0) is 54.5 Å². The molecule has 3 aromatic rings. The van der Waals surface area contributed by atoms with Gasteiger partial charge in [0, 0.05) is 22.4 Å². The van der Waals surface area contributed by atoms with Crippen molar-refractivity contribution >= 4 is 22.8 Å². The fourth-order valence-electron chi connectivity index (χ4n) is 3.34. The normalized spacial score (nSPS) is 11.8. The van der Waals surface area contributed by atoms with Crippen LogP contribution in [0.3, 0.4) is 0 Å². The highest BCUT2D eigenvalue weighted by atomic mass is 32.2. The molecule has 3 rings (SSSR count). The van der Waals surface area contributed by atoms with Crippen LogP contribution in [-0.4, -0.2) is 14.6 Å². The Balaban J connectivity index is 1.64. The molecule has 0 aliphatic rings. The van der Waals surface area contributed by atoms with E-state index in [9.17, 15) is 8.76 Å². The number of nitrogens with two attached hydrogens (primary N) is 1. The minimum atomic E-state index is -2.37. The lowest BCUT2D eigenvalue weighted by molar-refractivity contribution is 0.542. The largest absolute Gasteiger partial charge is 0.755 e. The van der Waals surface area contributed by atoms with Crippen molar-refractivity contribution < 1.29 is 8.76 Å². The van der Waals surface area contributed by atoms with E-state index in [4.69, 9.17) is 11.1 Å². The van der Waals surface area contributed by atoms with E-state index in [1.165, 1.54) is 5.56 Å². The highest BCUT2D eigenvalue weighted by molar-refractivity contribution is 7.80. The van der Waals surface area contributed by atoms with E-state index < -0.39 is 11.3 Å². The summed E-state index contributed by atoms with van der Waals surface area (Å²) in [6.07, 6.45) is 3.76. The molecular weight excluding hydrogens is 382 g/mol. The van der Waals surface area contributed by atoms with Crippen LogP contribution in [0, 0.1) is 5.41 Å². The third-order valence-corrected chi connectivity index (χ3v) is 5.17. The number of nitrogens with one attached hydrogen (secondary N) is 2. The third kappa shape index (κ3) is 6.01. The molecule has 0 fully saturated rings. The monoisotopic (exact) mass is 406 g/mol. The van der Waals surface area contributed by atoms with Crippen molar-refractivity contribution in [2.45, 2.75) is 25.7 Å². The number of hydrogen-bond donors (Lipinski definition) is 3. The molecule has 1 atom stereocenters. The van der Waals surface area contributed by atoms with Gasteiger partial charge in [-0.3, -0.25) is 9.62 Å². The quantitative estimate of drug-likeness (QED) is 0.212. The molecule has 29 heavy (non-hydrogen) atoms. The van der Waals surface area contributed by atoms with Crippen molar-refractivity contribution in [3.63, 3.8) is 0 Å². The number of nitrogen functional groups attached to an aromatic ring is 1. The molecule has 0 saturated carbocycles. The standard InChI is InChI=1S/C23H25N3O2S/c24-23(25)20-12-6-9-17(15-20)7-4-5-8-18-13-14-21(19-10-2-1-3-11-19)22(16-18)26-29(27)28/h1-3,6,9-16,26H,4-5,7-8H2,(H3,24,25)(H,27,28)/p-1. The van der Waals surface area contributed by atoms with E-state index in [-0.39, 0.29) is 5.84 Å². The van der Waals surface area contributed by atoms with Crippen LogP contribution in [0.1, 0.15) is 29.5 Å². The zero-order valence-corrected chi connectivity index (χ0v) is 16.9. The van der Waals surface area contributed by atoms with Gasteiger partial charge in [0.25, 0.3) is 0 Å². The summed E-state index contributed by atoms with van der Waals surface area (Å²) in [4.78, 5) is 0. The smallest absolute Gasteiger partial charge is 0.122 e. The second-order valence-electron chi connectivity index (χ2n) is 6.90. The molecule has 0 aliphatic carbocycles. The van der Waals surface area contributed by atoms with Crippen LogP contribution < -0.4 is 10.5 Å². The molecule has 150 valence electrons. The first-order valence-electron chi connectivity index (χ1n) is 9.50. The van der Waals surface area contributed by atoms with Crippen LogP contribution in [0.2, 0.25) is 0 Å². The minimum Gasteiger partial charge on any atom is -0.755 e. The molecule has 0 amide bonds. The molecule has 0 aliphatic heterocycles. The lowest BCUT2D eigenvalue weighted by atomic mass is 9.98. The van der Waals surface area contributed by atoms with Gasteiger partial charge in [0.15, 0.2) is 0 Å². The van der Waals surface area contributed by atoms with E-state index >= 15 is 0 Å². The first-order chi connectivity index (χ1) is 14.0. The molecule has 1 unspecified atom stereocenters. The molecule has 3 aromatic carbocycles. The molecular formula is C23H24N3O2S-. The van der Waals surface area contributed by atoms with Gasteiger partial charge >= 0.3 is 0 Å². The molecule has 0 aromatic heterocycles. The second-order valence-corrected chi connectivity index (χ2v) is 7.58. The molecule has 4 N–H and O–H groups in total. The zero-order valence-electron chi connectivity index (χ0n) is 16.1. The Hall–Kier alpha value is -2.96. The molecule has 0 bridgehead atoms. The highest BCUT2D eigenvalue weighted by Gasteiger charge is 2.07. The molecule has 6 heteroatoms. The van der Waals surface area contributed by atoms with Crippen LogP contribution in [0.5, 0.6) is 0 Å². The van der Waals surface area contributed by atoms with Crippen LogP contribution in [0.4, 0.5) is 5.69 Å². The van der Waals surface area contributed by atoms with Crippen molar-refractivity contribution in [2.75, 3.05) is 4.72 Å². The average Bonchev–Trinajstić information content (AvgIpc) is 2.72. The summed E-state index contributed by atoms with van der Waals surface area (Å²) < 4.78 is 25.0. The first-order valence-corrected chi connectivity index (χ1v) is 10.6. The minimum absolute atomic E-state index is 0.0844. The van der Waals surface area contributed by atoms with Gasteiger partial charge in [-0.25, -0.2) is 0 Å². The van der Waals surface area contributed by atoms with Gasteiger partial charge in [-0.2, -0.15) is 0 Å². The maximum absolute atomic E-state index is 11.2. The second kappa shape index (κ2) is 10.0. The summed E-state index contributed by atoms with van der Waals surface area (Å²) in [6, 6.07) is 23.4. The van der Waals surface area contributed by atoms with Crippen LogP contribution in [-0.2, 0) is 24.1 Å². The number of hydrogen-bond acceptors (Lipinski definition) is 3. The number of unbranched alkanes of at least 4 members (excludes halogenated alkanes) is 1. The van der Waals surface area contributed by atoms with Crippen molar-refractivity contribution in [3.05, 3.63) is 89.5 Å². The van der Waals surface area contributed by atoms with E-state index in [2.05, 4.69) is 10.8 Å². The molecule has 0 saturated heterocycles. The summed E-state index contributed by atoms with van der Waals surface area (Å²) in [5.74, 6) is 0.0844. The van der Waals surface area contributed by atoms with Gasteiger partial charge in [0.05, 0.1) is 5.69 Å². The Morgan fingerprint density at radius 1 is 0.931 bits per heavy atom. The van der Waals surface area contributed by atoms with Crippen molar-refractivity contribution in [3.8, 4) is 11.1 Å². The maximum Gasteiger partial charge on any atom is 0.122 e. The topological polar surface area (TPSA) is 102 Å². The van der Waals surface area contributed by atoms with Gasteiger partial charge in [0.2, 0.25) is 0 Å². The molecule has 0 spiro atoms. The van der Waals surface area contributed by atoms with E-state index in [1.54, 1.807) is 0 Å². The van der Waals surface area contributed by atoms with Crippen molar-refractivity contribution in [1.29, 1.82) is 5.41 Å². The molecule has 0 heterocycles. The van der Waals surface area contributed by atoms with Gasteiger partial charge in [-0.15, -0.1) is 0 Å². The number of anilines is 1.